The molecule has 0 aliphatic heterocycles. The Morgan fingerprint density at radius 1 is 0.565 bits per heavy atom. The molecule has 0 aliphatic carbocycles. The van der Waals surface area contributed by atoms with Crippen LogP contribution in [0.5, 0.6) is 17.2 Å². The number of nitrogens with zero attached hydrogens (tertiary/aromatic N) is 2. The molecule has 0 atom stereocenters. The molecule has 6 aromatic rings. The number of fused-ring (bicyclic) bond motifs is 3. The largest absolute Gasteiger partial charge is 0.497 e. The van der Waals surface area contributed by atoms with Gasteiger partial charge >= 0.3 is 0 Å². The minimum absolute atomic E-state index is 0.483. The molecule has 0 N–H and O–H groups in total. The first kappa shape index (κ1) is 31.5. The van der Waals surface area contributed by atoms with Crippen molar-refractivity contribution in [2.75, 3.05) is 52.2 Å². The molecule has 46 heavy (non-hydrogen) atoms. The number of anilines is 3. The summed E-state index contributed by atoms with van der Waals surface area (Å²) in [5, 5.41) is 2.30. The van der Waals surface area contributed by atoms with Gasteiger partial charge in [0.1, 0.15) is 23.9 Å². The van der Waals surface area contributed by atoms with Gasteiger partial charge in [0.05, 0.1) is 45.1 Å². The van der Waals surface area contributed by atoms with Crippen LogP contribution >= 0.6 is 15.9 Å². The lowest BCUT2D eigenvalue weighted by atomic mass is 10.1. The third-order valence-electron chi connectivity index (χ3n) is 7.80. The van der Waals surface area contributed by atoms with E-state index in [1.165, 1.54) is 0 Å². The summed E-state index contributed by atoms with van der Waals surface area (Å²) in [5.74, 6) is 2.42. The molecule has 0 spiro atoms. The van der Waals surface area contributed by atoms with E-state index < -0.39 is 0 Å². The standard InChI is InChI=1S/C38H37BrN2O5/c1-4-44-21-22-45-23-24-46-34-17-10-30(11-18-34)41-37-19-5-27(39)25-35(37)36-26-31(12-20-38(36)41)40(28-6-13-32(42-2)14-7-28)29-8-15-33(43-3)16-9-29/h5-20,25-26H,4,21-24H2,1-3H3. The second-order valence-electron chi connectivity index (χ2n) is 10.6. The average Bonchev–Trinajstić information content (AvgIpc) is 3.41. The summed E-state index contributed by atoms with van der Waals surface area (Å²) < 4.78 is 31.0. The molecule has 8 heteroatoms. The van der Waals surface area contributed by atoms with E-state index in [2.05, 4.69) is 98.2 Å². The molecule has 0 fully saturated rings. The van der Waals surface area contributed by atoms with Crippen LogP contribution in [-0.4, -0.2) is 51.8 Å². The Labute approximate surface area is 277 Å². The molecule has 7 nitrogen and oxygen atoms in total. The van der Waals surface area contributed by atoms with Crippen molar-refractivity contribution in [2.45, 2.75) is 6.92 Å². The van der Waals surface area contributed by atoms with E-state index in [0.29, 0.717) is 33.0 Å². The van der Waals surface area contributed by atoms with Gasteiger partial charge in [-0.15, -0.1) is 0 Å². The van der Waals surface area contributed by atoms with Crippen LogP contribution in [-0.2, 0) is 9.47 Å². The van der Waals surface area contributed by atoms with Crippen LogP contribution in [0.3, 0.4) is 0 Å². The zero-order valence-electron chi connectivity index (χ0n) is 26.2. The summed E-state index contributed by atoms with van der Waals surface area (Å²) in [5.41, 5.74) is 6.35. The van der Waals surface area contributed by atoms with Crippen molar-refractivity contribution in [3.8, 4) is 22.9 Å². The Morgan fingerprint density at radius 3 is 1.70 bits per heavy atom. The maximum atomic E-state index is 5.93. The third-order valence-corrected chi connectivity index (χ3v) is 8.29. The van der Waals surface area contributed by atoms with Crippen LogP contribution in [0.25, 0.3) is 27.5 Å². The topological polar surface area (TPSA) is 54.3 Å². The number of benzene rings is 5. The highest BCUT2D eigenvalue weighted by Gasteiger charge is 2.18. The third kappa shape index (κ3) is 6.84. The molecule has 0 bridgehead atoms. The summed E-state index contributed by atoms with van der Waals surface area (Å²) in [7, 11) is 3.36. The summed E-state index contributed by atoms with van der Waals surface area (Å²) in [6.07, 6.45) is 0. The van der Waals surface area contributed by atoms with Crippen LogP contribution in [0.2, 0.25) is 0 Å². The van der Waals surface area contributed by atoms with E-state index in [-0.39, 0.29) is 0 Å². The van der Waals surface area contributed by atoms with Crippen molar-refractivity contribution in [3.63, 3.8) is 0 Å². The van der Waals surface area contributed by atoms with Crippen LogP contribution < -0.4 is 19.1 Å². The Hall–Kier alpha value is -4.50. The highest BCUT2D eigenvalue weighted by molar-refractivity contribution is 9.10. The molecule has 0 unspecified atom stereocenters. The summed E-state index contributed by atoms with van der Waals surface area (Å²) >= 11 is 3.71. The minimum atomic E-state index is 0.483. The minimum Gasteiger partial charge on any atom is -0.497 e. The SMILES string of the molecule is CCOCCOCCOc1ccc(-n2c3ccc(Br)cc3c3cc(N(c4ccc(OC)cc4)c4ccc(OC)cc4)ccc32)cc1. The first-order valence-electron chi connectivity index (χ1n) is 15.3. The van der Waals surface area contributed by atoms with Gasteiger partial charge in [-0.3, -0.25) is 0 Å². The highest BCUT2D eigenvalue weighted by atomic mass is 79.9. The zero-order valence-corrected chi connectivity index (χ0v) is 27.8. The molecule has 0 aliphatic rings. The molecule has 0 amide bonds. The van der Waals surface area contributed by atoms with Gasteiger partial charge in [0, 0.05) is 44.6 Å². The molecule has 0 saturated heterocycles. The summed E-state index contributed by atoms with van der Waals surface area (Å²) in [6.45, 7) is 4.84. The molecular weight excluding hydrogens is 644 g/mol. The first-order valence-corrected chi connectivity index (χ1v) is 16.1. The molecule has 5 aromatic carbocycles. The van der Waals surface area contributed by atoms with Gasteiger partial charge in [0.25, 0.3) is 0 Å². The van der Waals surface area contributed by atoms with Crippen molar-refractivity contribution in [1.82, 2.24) is 4.57 Å². The van der Waals surface area contributed by atoms with E-state index >= 15 is 0 Å². The summed E-state index contributed by atoms with van der Waals surface area (Å²) in [6, 6.07) is 37.5. The molecule has 1 aromatic heterocycles. The number of halogens is 1. The Morgan fingerprint density at radius 2 is 1.09 bits per heavy atom. The van der Waals surface area contributed by atoms with Crippen molar-refractivity contribution in [1.29, 1.82) is 0 Å². The van der Waals surface area contributed by atoms with Gasteiger partial charge in [-0.25, -0.2) is 0 Å². The second-order valence-corrected chi connectivity index (χ2v) is 11.5. The molecular formula is C38H37BrN2O5. The maximum Gasteiger partial charge on any atom is 0.119 e. The Balaban J connectivity index is 1.36. The van der Waals surface area contributed by atoms with E-state index in [4.69, 9.17) is 23.7 Å². The number of aromatic nitrogens is 1. The van der Waals surface area contributed by atoms with E-state index in [1.54, 1.807) is 14.2 Å². The molecule has 0 radical (unpaired) electrons. The predicted molar refractivity (Wildman–Crippen MR) is 189 cm³/mol. The molecule has 6 rings (SSSR count). The quantitative estimate of drug-likeness (QED) is 0.107. The molecule has 0 saturated carbocycles. The van der Waals surface area contributed by atoms with Crippen LogP contribution in [0.15, 0.2) is 114 Å². The maximum absolute atomic E-state index is 5.93. The molecule has 236 valence electrons. The predicted octanol–water partition coefficient (Wildman–Crippen LogP) is 9.47. The van der Waals surface area contributed by atoms with Gasteiger partial charge in [0.2, 0.25) is 0 Å². The van der Waals surface area contributed by atoms with Crippen LogP contribution in [0, 0.1) is 0 Å². The lowest BCUT2D eigenvalue weighted by molar-refractivity contribution is 0.0405. The smallest absolute Gasteiger partial charge is 0.119 e. The fourth-order valence-electron chi connectivity index (χ4n) is 5.58. The fourth-order valence-corrected chi connectivity index (χ4v) is 5.95. The Bertz CT molecular complexity index is 1840. The normalized spacial score (nSPS) is 11.2. The number of rotatable bonds is 14. The van der Waals surface area contributed by atoms with Gasteiger partial charge in [-0.1, -0.05) is 15.9 Å². The van der Waals surface area contributed by atoms with Crippen molar-refractivity contribution < 1.29 is 23.7 Å². The first-order chi connectivity index (χ1) is 22.6. The van der Waals surface area contributed by atoms with E-state index in [9.17, 15) is 0 Å². The van der Waals surface area contributed by atoms with Gasteiger partial charge in [-0.2, -0.15) is 0 Å². The Kier molecular flexibility index (Phi) is 10.1. The monoisotopic (exact) mass is 680 g/mol. The molecule has 1 heterocycles. The average molecular weight is 682 g/mol. The zero-order chi connectivity index (χ0) is 31.9. The van der Waals surface area contributed by atoms with E-state index in [1.807, 2.05) is 43.3 Å². The van der Waals surface area contributed by atoms with Crippen molar-refractivity contribution in [3.05, 3.63) is 114 Å². The number of hydrogen-bond acceptors (Lipinski definition) is 6. The van der Waals surface area contributed by atoms with Crippen LogP contribution in [0.4, 0.5) is 17.1 Å². The highest BCUT2D eigenvalue weighted by Crippen LogP contribution is 2.41. The lowest BCUT2D eigenvalue weighted by Gasteiger charge is -2.26. The fraction of sp³-hybridized carbons (Fsp3) is 0.211. The van der Waals surface area contributed by atoms with Crippen molar-refractivity contribution >= 4 is 54.8 Å². The van der Waals surface area contributed by atoms with Gasteiger partial charge in [-0.05, 0) is 116 Å². The van der Waals surface area contributed by atoms with Crippen LogP contribution in [0.1, 0.15) is 6.92 Å². The summed E-state index contributed by atoms with van der Waals surface area (Å²) in [4.78, 5) is 2.24. The second kappa shape index (κ2) is 14.7. The number of hydrogen-bond donors (Lipinski definition) is 0. The van der Waals surface area contributed by atoms with Gasteiger partial charge in [0.15, 0.2) is 0 Å². The lowest BCUT2D eigenvalue weighted by Crippen LogP contribution is -2.10. The van der Waals surface area contributed by atoms with Gasteiger partial charge < -0.3 is 33.2 Å². The number of methoxy groups -OCH3 is 2. The number of ether oxygens (including phenoxy) is 5. The van der Waals surface area contributed by atoms with E-state index in [0.717, 1.165) is 66.3 Å². The van der Waals surface area contributed by atoms with Crippen molar-refractivity contribution in [2.24, 2.45) is 0 Å².